The monoisotopic (exact) mass is 270 g/mol. The van der Waals surface area contributed by atoms with Gasteiger partial charge in [0.15, 0.2) is 0 Å². The third-order valence-corrected chi connectivity index (χ3v) is 3.58. The van der Waals surface area contributed by atoms with Gasteiger partial charge in [-0.3, -0.25) is 11.3 Å². The van der Waals surface area contributed by atoms with E-state index in [1.807, 2.05) is 6.92 Å². The number of benzene rings is 1. The van der Waals surface area contributed by atoms with Crippen LogP contribution in [-0.2, 0) is 4.74 Å². The maximum absolute atomic E-state index is 14.2. The van der Waals surface area contributed by atoms with Crippen LogP contribution in [0.4, 0.5) is 8.78 Å². The molecule has 3 N–H and O–H groups in total. The summed E-state index contributed by atoms with van der Waals surface area (Å²) in [5.41, 5.74) is 2.91. The molecule has 0 saturated heterocycles. The lowest BCUT2D eigenvalue weighted by Crippen LogP contribution is -2.40. The Morgan fingerprint density at radius 2 is 2.11 bits per heavy atom. The summed E-state index contributed by atoms with van der Waals surface area (Å²) in [5.74, 6) is 4.71. The first-order chi connectivity index (χ1) is 9.10. The van der Waals surface area contributed by atoms with Crippen LogP contribution in [0.15, 0.2) is 12.1 Å². The van der Waals surface area contributed by atoms with Crippen LogP contribution in [-0.4, -0.2) is 12.7 Å². The van der Waals surface area contributed by atoms with Gasteiger partial charge in [0.2, 0.25) is 0 Å². The molecule has 0 heterocycles. The second kappa shape index (κ2) is 5.94. The zero-order chi connectivity index (χ0) is 14.0. The standard InChI is InChI=1S/C14H20F2N2O/c1-3-19-14(9-5-6-9)13(18-17)11-10(15)7-4-8(2)12(11)16/h4,7,9,13-14,18H,3,5-6,17H2,1-2H3. The van der Waals surface area contributed by atoms with Crippen LogP contribution in [0, 0.1) is 24.5 Å². The fourth-order valence-electron chi connectivity index (χ4n) is 2.43. The van der Waals surface area contributed by atoms with Crippen molar-refractivity contribution in [2.75, 3.05) is 6.61 Å². The van der Waals surface area contributed by atoms with E-state index in [1.165, 1.54) is 12.1 Å². The van der Waals surface area contributed by atoms with E-state index in [-0.39, 0.29) is 11.7 Å². The van der Waals surface area contributed by atoms with Gasteiger partial charge >= 0.3 is 0 Å². The third-order valence-electron chi connectivity index (χ3n) is 3.58. The molecule has 1 aliphatic carbocycles. The van der Waals surface area contributed by atoms with Gasteiger partial charge in [-0.25, -0.2) is 8.78 Å². The number of aryl methyl sites for hydroxylation is 1. The normalized spacial score (nSPS) is 18.4. The Kier molecular flexibility index (Phi) is 4.50. The second-order valence-electron chi connectivity index (χ2n) is 4.99. The van der Waals surface area contributed by atoms with E-state index in [0.717, 1.165) is 12.8 Å². The molecule has 2 rings (SSSR count). The lowest BCUT2D eigenvalue weighted by atomic mass is 9.96. The molecule has 5 heteroatoms. The molecule has 0 amide bonds. The van der Waals surface area contributed by atoms with Gasteiger partial charge in [-0.15, -0.1) is 0 Å². The molecule has 1 aliphatic rings. The van der Waals surface area contributed by atoms with Crippen LogP contribution in [0.1, 0.15) is 36.9 Å². The van der Waals surface area contributed by atoms with Crippen molar-refractivity contribution in [3.8, 4) is 0 Å². The lowest BCUT2D eigenvalue weighted by molar-refractivity contribution is 0.0167. The van der Waals surface area contributed by atoms with E-state index in [2.05, 4.69) is 5.43 Å². The smallest absolute Gasteiger partial charge is 0.133 e. The maximum atomic E-state index is 14.2. The van der Waals surface area contributed by atoms with Crippen LogP contribution in [0.5, 0.6) is 0 Å². The summed E-state index contributed by atoms with van der Waals surface area (Å²) in [4.78, 5) is 0. The molecule has 0 radical (unpaired) electrons. The molecule has 1 aromatic carbocycles. The van der Waals surface area contributed by atoms with Crippen molar-refractivity contribution >= 4 is 0 Å². The number of hydrogen-bond acceptors (Lipinski definition) is 3. The molecule has 1 aromatic rings. The number of hydrazine groups is 1. The zero-order valence-corrected chi connectivity index (χ0v) is 11.2. The van der Waals surface area contributed by atoms with Gasteiger partial charge in [0.1, 0.15) is 11.6 Å². The Hall–Kier alpha value is -1.04. The van der Waals surface area contributed by atoms with E-state index in [0.29, 0.717) is 18.1 Å². The summed E-state index contributed by atoms with van der Waals surface area (Å²) in [6.45, 7) is 3.97. The minimum atomic E-state index is -0.660. The van der Waals surface area contributed by atoms with Crippen molar-refractivity contribution in [3.63, 3.8) is 0 Å². The van der Waals surface area contributed by atoms with Gasteiger partial charge in [-0.2, -0.15) is 0 Å². The van der Waals surface area contributed by atoms with Crippen molar-refractivity contribution in [1.82, 2.24) is 5.43 Å². The minimum Gasteiger partial charge on any atom is -0.376 e. The molecule has 106 valence electrons. The molecule has 0 aromatic heterocycles. The van der Waals surface area contributed by atoms with Crippen LogP contribution >= 0.6 is 0 Å². The fraction of sp³-hybridized carbons (Fsp3) is 0.571. The fourth-order valence-corrected chi connectivity index (χ4v) is 2.43. The highest BCUT2D eigenvalue weighted by atomic mass is 19.1. The van der Waals surface area contributed by atoms with Gasteiger partial charge in [0.25, 0.3) is 0 Å². The largest absolute Gasteiger partial charge is 0.376 e. The zero-order valence-electron chi connectivity index (χ0n) is 11.2. The minimum absolute atomic E-state index is 0.0205. The number of nitrogens with one attached hydrogen (secondary N) is 1. The number of ether oxygens (including phenoxy) is 1. The van der Waals surface area contributed by atoms with E-state index < -0.39 is 17.7 Å². The van der Waals surface area contributed by atoms with Crippen LogP contribution in [0.25, 0.3) is 0 Å². The van der Waals surface area contributed by atoms with Crippen molar-refractivity contribution < 1.29 is 13.5 Å². The Bertz CT molecular complexity index is 449. The summed E-state index contributed by atoms with van der Waals surface area (Å²) < 4.78 is 33.8. The Balaban J connectivity index is 2.37. The third kappa shape index (κ3) is 2.94. The van der Waals surface area contributed by atoms with E-state index in [4.69, 9.17) is 10.6 Å². The lowest BCUT2D eigenvalue weighted by Gasteiger charge is -2.27. The SMILES string of the molecule is CCOC(C1CC1)C(NN)c1c(F)ccc(C)c1F. The summed E-state index contributed by atoms with van der Waals surface area (Å²) in [5, 5.41) is 0. The van der Waals surface area contributed by atoms with E-state index in [1.54, 1.807) is 6.92 Å². The van der Waals surface area contributed by atoms with Crippen molar-refractivity contribution in [2.45, 2.75) is 38.8 Å². The first kappa shape index (κ1) is 14.4. The summed E-state index contributed by atoms with van der Waals surface area (Å²) in [7, 11) is 0. The number of rotatable bonds is 6. The topological polar surface area (TPSA) is 47.3 Å². The van der Waals surface area contributed by atoms with Gasteiger partial charge in [-0.1, -0.05) is 6.07 Å². The predicted octanol–water partition coefficient (Wildman–Crippen LogP) is 2.59. The predicted molar refractivity (Wildman–Crippen MR) is 69.3 cm³/mol. The molecule has 1 saturated carbocycles. The maximum Gasteiger partial charge on any atom is 0.133 e. The second-order valence-corrected chi connectivity index (χ2v) is 4.99. The summed E-state index contributed by atoms with van der Waals surface area (Å²) in [6.07, 6.45) is 1.73. The van der Waals surface area contributed by atoms with Gasteiger partial charge in [0.05, 0.1) is 12.1 Å². The molecule has 2 atom stereocenters. The highest BCUT2D eigenvalue weighted by Crippen LogP contribution is 2.41. The average Bonchev–Trinajstić information content (AvgIpc) is 3.21. The number of nitrogens with two attached hydrogens (primary N) is 1. The summed E-state index contributed by atoms with van der Waals surface area (Å²) in [6, 6.07) is 2.04. The Morgan fingerprint density at radius 3 is 2.63 bits per heavy atom. The summed E-state index contributed by atoms with van der Waals surface area (Å²) >= 11 is 0. The number of halogens is 2. The van der Waals surface area contributed by atoms with Crippen LogP contribution in [0.3, 0.4) is 0 Å². The van der Waals surface area contributed by atoms with Gasteiger partial charge in [-0.05, 0) is 44.2 Å². The quantitative estimate of drug-likeness (QED) is 0.617. The first-order valence-corrected chi connectivity index (χ1v) is 6.62. The molecule has 2 unspecified atom stereocenters. The first-order valence-electron chi connectivity index (χ1n) is 6.62. The average molecular weight is 270 g/mol. The molecular formula is C14H20F2N2O. The molecule has 1 fully saturated rings. The van der Waals surface area contributed by atoms with Crippen LogP contribution in [0.2, 0.25) is 0 Å². The van der Waals surface area contributed by atoms with Gasteiger partial charge in [0, 0.05) is 12.2 Å². The van der Waals surface area contributed by atoms with E-state index in [9.17, 15) is 8.78 Å². The van der Waals surface area contributed by atoms with E-state index >= 15 is 0 Å². The molecule has 19 heavy (non-hydrogen) atoms. The molecule has 0 spiro atoms. The highest BCUT2D eigenvalue weighted by Gasteiger charge is 2.39. The van der Waals surface area contributed by atoms with Gasteiger partial charge < -0.3 is 4.74 Å². The molecule has 0 bridgehead atoms. The molecule has 0 aliphatic heterocycles. The Morgan fingerprint density at radius 1 is 1.42 bits per heavy atom. The Labute approximate surface area is 112 Å². The molecular weight excluding hydrogens is 250 g/mol. The van der Waals surface area contributed by atoms with Crippen LogP contribution < -0.4 is 11.3 Å². The van der Waals surface area contributed by atoms with Crippen molar-refractivity contribution in [3.05, 3.63) is 34.9 Å². The van der Waals surface area contributed by atoms with Crippen molar-refractivity contribution in [1.29, 1.82) is 0 Å². The molecule has 3 nitrogen and oxygen atoms in total. The highest BCUT2D eigenvalue weighted by molar-refractivity contribution is 5.30. The van der Waals surface area contributed by atoms with Crippen molar-refractivity contribution in [2.24, 2.45) is 11.8 Å². The number of hydrogen-bond donors (Lipinski definition) is 2.